The van der Waals surface area contributed by atoms with E-state index in [0.717, 1.165) is 17.7 Å². The second-order valence-corrected chi connectivity index (χ2v) is 7.94. The number of nitrogens with zero attached hydrogens (tertiary/aromatic N) is 2. The maximum atomic E-state index is 14.3. The highest BCUT2D eigenvalue weighted by Crippen LogP contribution is 2.37. The smallest absolute Gasteiger partial charge is 0.325 e. The van der Waals surface area contributed by atoms with Crippen LogP contribution in [0.5, 0.6) is 0 Å². The van der Waals surface area contributed by atoms with Gasteiger partial charge in [0.25, 0.3) is 5.91 Å². The van der Waals surface area contributed by atoms with Crippen LogP contribution in [0.4, 0.5) is 23.7 Å². The van der Waals surface area contributed by atoms with E-state index in [2.05, 4.69) is 5.32 Å². The van der Waals surface area contributed by atoms with E-state index in [-0.39, 0.29) is 36.3 Å². The number of hydrogen-bond acceptors (Lipinski definition) is 2. The summed E-state index contributed by atoms with van der Waals surface area (Å²) in [5.74, 6) is -2.36. The third-order valence-corrected chi connectivity index (χ3v) is 5.89. The summed E-state index contributed by atoms with van der Waals surface area (Å²) in [6.07, 6.45) is 0. The van der Waals surface area contributed by atoms with Crippen molar-refractivity contribution in [2.24, 2.45) is 0 Å². The lowest BCUT2D eigenvalue weighted by Crippen LogP contribution is -2.46. The summed E-state index contributed by atoms with van der Waals surface area (Å²) in [4.78, 5) is 28.8. The van der Waals surface area contributed by atoms with E-state index in [1.165, 1.54) is 17.0 Å². The number of nitrogens with one attached hydrogen (secondary N) is 1. The minimum Gasteiger partial charge on any atom is -0.348 e. The van der Waals surface area contributed by atoms with E-state index in [1.807, 2.05) is 6.92 Å². The molecule has 5 nitrogen and oxygen atoms in total. The van der Waals surface area contributed by atoms with Gasteiger partial charge in [0, 0.05) is 36.3 Å². The molecule has 1 aliphatic rings. The first kappa shape index (κ1) is 22.4. The molecule has 0 saturated heterocycles. The number of benzene rings is 3. The monoisotopic (exact) mass is 453 g/mol. The van der Waals surface area contributed by atoms with Crippen molar-refractivity contribution in [1.29, 1.82) is 0 Å². The van der Waals surface area contributed by atoms with Crippen molar-refractivity contribution in [1.82, 2.24) is 10.2 Å². The fourth-order valence-electron chi connectivity index (χ4n) is 3.83. The largest absolute Gasteiger partial charge is 0.348 e. The molecule has 0 aromatic heterocycles. The van der Waals surface area contributed by atoms with Crippen LogP contribution in [-0.2, 0) is 13.1 Å². The van der Waals surface area contributed by atoms with Crippen molar-refractivity contribution in [3.8, 4) is 0 Å². The Labute approximate surface area is 189 Å². The minimum absolute atomic E-state index is 0.00142. The molecule has 0 spiro atoms. The Bertz CT molecular complexity index is 1230. The quantitative estimate of drug-likeness (QED) is 0.580. The van der Waals surface area contributed by atoms with Gasteiger partial charge in [-0.05, 0) is 36.8 Å². The lowest BCUT2D eigenvalue weighted by atomic mass is 9.98. The van der Waals surface area contributed by atoms with Crippen LogP contribution in [0, 0.1) is 17.5 Å². The fraction of sp³-hybridized carbons (Fsp3) is 0.200. The normalized spacial score (nSPS) is 15.4. The van der Waals surface area contributed by atoms with Crippen molar-refractivity contribution in [2.75, 3.05) is 11.9 Å². The molecule has 0 saturated carbocycles. The van der Waals surface area contributed by atoms with Crippen molar-refractivity contribution in [2.45, 2.75) is 26.1 Å². The van der Waals surface area contributed by atoms with Gasteiger partial charge in [-0.2, -0.15) is 0 Å². The van der Waals surface area contributed by atoms with Crippen LogP contribution in [0.25, 0.3) is 0 Å². The van der Waals surface area contributed by atoms with Gasteiger partial charge in [-0.25, -0.2) is 18.0 Å². The van der Waals surface area contributed by atoms with Crippen molar-refractivity contribution < 1.29 is 22.8 Å². The predicted octanol–water partition coefficient (Wildman–Crippen LogP) is 5.17. The molecule has 3 amide bonds. The number of carbonyl (C=O) groups excluding carboxylic acids is 2. The number of urea groups is 1. The molecule has 170 valence electrons. The zero-order valence-electron chi connectivity index (χ0n) is 18.1. The molecule has 0 bridgehead atoms. The van der Waals surface area contributed by atoms with Crippen molar-refractivity contribution in [3.05, 3.63) is 100 Å². The Balaban J connectivity index is 1.62. The number of anilines is 1. The summed E-state index contributed by atoms with van der Waals surface area (Å²) < 4.78 is 41.2. The third kappa shape index (κ3) is 4.41. The van der Waals surface area contributed by atoms with Crippen LogP contribution < -0.4 is 10.2 Å². The van der Waals surface area contributed by atoms with Gasteiger partial charge >= 0.3 is 6.03 Å². The second kappa shape index (κ2) is 8.97. The highest BCUT2D eigenvalue weighted by Gasteiger charge is 2.34. The van der Waals surface area contributed by atoms with E-state index in [1.54, 1.807) is 48.3 Å². The fourth-order valence-corrected chi connectivity index (χ4v) is 3.83. The number of amides is 3. The highest BCUT2D eigenvalue weighted by molar-refractivity contribution is 5.99. The standard InChI is InChI=1S/C25H22F3N3O2/c1-15-20-10-8-16(24(32)29-13-17-7-9-19(26)12-22(17)28)11-23(20)31(25(33)30(15)2)14-18-5-3-4-6-21(18)27/h3-12,15H,13-14H2,1-2H3,(H,29,32). The summed E-state index contributed by atoms with van der Waals surface area (Å²) in [6.45, 7) is 1.74. The number of rotatable bonds is 5. The molecule has 0 aliphatic carbocycles. The van der Waals surface area contributed by atoms with Gasteiger partial charge in [-0.1, -0.05) is 30.3 Å². The summed E-state index contributed by atoms with van der Waals surface area (Å²) in [6, 6.07) is 13.7. The third-order valence-electron chi connectivity index (χ3n) is 5.89. The van der Waals surface area contributed by atoms with E-state index < -0.39 is 23.4 Å². The van der Waals surface area contributed by atoms with Crippen LogP contribution in [-0.4, -0.2) is 23.9 Å². The Morgan fingerprint density at radius 1 is 0.970 bits per heavy atom. The number of fused-ring (bicyclic) bond motifs is 1. The molecule has 0 radical (unpaired) electrons. The van der Waals surface area contributed by atoms with Crippen LogP contribution in [0.15, 0.2) is 60.7 Å². The molecule has 3 aromatic carbocycles. The topological polar surface area (TPSA) is 52.7 Å². The zero-order valence-corrected chi connectivity index (χ0v) is 18.1. The average Bonchev–Trinajstić information content (AvgIpc) is 2.80. The van der Waals surface area contributed by atoms with Gasteiger partial charge in [-0.15, -0.1) is 0 Å². The Morgan fingerprint density at radius 2 is 1.73 bits per heavy atom. The first-order chi connectivity index (χ1) is 15.8. The maximum absolute atomic E-state index is 14.3. The number of hydrogen-bond donors (Lipinski definition) is 1. The summed E-state index contributed by atoms with van der Waals surface area (Å²) in [7, 11) is 1.67. The summed E-state index contributed by atoms with van der Waals surface area (Å²) in [5, 5.41) is 2.61. The molecular weight excluding hydrogens is 431 g/mol. The molecule has 1 unspecified atom stereocenters. The Hall–Kier alpha value is -3.81. The lowest BCUT2D eigenvalue weighted by Gasteiger charge is -2.39. The van der Waals surface area contributed by atoms with Crippen LogP contribution in [0.1, 0.15) is 40.0 Å². The van der Waals surface area contributed by atoms with E-state index in [4.69, 9.17) is 0 Å². The first-order valence-electron chi connectivity index (χ1n) is 10.4. The number of halogens is 3. The molecule has 1 N–H and O–H groups in total. The molecular formula is C25H22F3N3O2. The summed E-state index contributed by atoms with van der Waals surface area (Å²) in [5.41, 5.74) is 2.08. The van der Waals surface area contributed by atoms with Crippen LogP contribution in [0.2, 0.25) is 0 Å². The number of carbonyl (C=O) groups is 2. The predicted molar refractivity (Wildman–Crippen MR) is 118 cm³/mol. The van der Waals surface area contributed by atoms with Crippen molar-refractivity contribution >= 4 is 17.6 Å². The molecule has 1 atom stereocenters. The van der Waals surface area contributed by atoms with E-state index in [9.17, 15) is 22.8 Å². The molecule has 8 heteroatoms. The van der Waals surface area contributed by atoms with Crippen LogP contribution in [0.3, 0.4) is 0 Å². The van der Waals surface area contributed by atoms with Gasteiger partial charge in [0.2, 0.25) is 0 Å². The molecule has 0 fully saturated rings. The summed E-state index contributed by atoms with van der Waals surface area (Å²) >= 11 is 0. The lowest BCUT2D eigenvalue weighted by molar-refractivity contribution is 0.0950. The average molecular weight is 453 g/mol. The molecule has 1 aliphatic heterocycles. The Morgan fingerprint density at radius 3 is 2.45 bits per heavy atom. The first-order valence-corrected chi connectivity index (χ1v) is 10.4. The van der Waals surface area contributed by atoms with E-state index in [0.29, 0.717) is 11.3 Å². The molecule has 33 heavy (non-hydrogen) atoms. The second-order valence-electron chi connectivity index (χ2n) is 7.94. The van der Waals surface area contributed by atoms with E-state index >= 15 is 0 Å². The van der Waals surface area contributed by atoms with Gasteiger partial charge in [-0.3, -0.25) is 9.69 Å². The Kier molecular flexibility index (Phi) is 6.09. The SMILES string of the molecule is CC1c2ccc(C(=O)NCc3ccc(F)cc3F)cc2N(Cc2ccccc2F)C(=O)N1C. The minimum atomic E-state index is -0.751. The molecule has 4 rings (SSSR count). The zero-order chi connectivity index (χ0) is 23.7. The molecule has 3 aromatic rings. The maximum Gasteiger partial charge on any atom is 0.325 e. The van der Waals surface area contributed by atoms with Gasteiger partial charge in [0.1, 0.15) is 17.5 Å². The van der Waals surface area contributed by atoms with Crippen LogP contribution >= 0.6 is 0 Å². The highest BCUT2D eigenvalue weighted by atomic mass is 19.1. The van der Waals surface area contributed by atoms with Gasteiger partial charge in [0.05, 0.1) is 18.3 Å². The molecule has 1 heterocycles. The van der Waals surface area contributed by atoms with Crippen molar-refractivity contribution in [3.63, 3.8) is 0 Å². The van der Waals surface area contributed by atoms with Gasteiger partial charge in [0.15, 0.2) is 0 Å². The van der Waals surface area contributed by atoms with Gasteiger partial charge < -0.3 is 10.2 Å².